The minimum absolute atomic E-state index is 0.0273. The van der Waals surface area contributed by atoms with Crippen molar-refractivity contribution >= 4 is 29.2 Å². The van der Waals surface area contributed by atoms with Gasteiger partial charge in [-0.05, 0) is 42.5 Å². The number of nitrogens with one attached hydrogen (secondary N) is 1. The Hall–Kier alpha value is -3.53. The van der Waals surface area contributed by atoms with Gasteiger partial charge in [0.15, 0.2) is 12.4 Å². The first-order valence-electron chi connectivity index (χ1n) is 8.71. The van der Waals surface area contributed by atoms with Crippen molar-refractivity contribution < 1.29 is 32.2 Å². The maximum absolute atomic E-state index is 12.9. The molecular weight excluding hydrogens is 439 g/mol. The number of ether oxygens (including phenoxy) is 2. The maximum Gasteiger partial charge on any atom is 0.416 e. The summed E-state index contributed by atoms with van der Waals surface area (Å²) in [7, 11) is 1.26. The second-order valence-corrected chi connectivity index (χ2v) is 6.61. The van der Waals surface area contributed by atoms with Crippen LogP contribution in [-0.2, 0) is 15.7 Å². The molecule has 1 heterocycles. The third-order valence-electron chi connectivity index (χ3n) is 3.99. The monoisotopic (exact) mass is 453 g/mol. The number of hydrogen-bond acceptors (Lipinski definition) is 5. The molecule has 11 heteroatoms. The molecule has 0 spiro atoms. The van der Waals surface area contributed by atoms with Gasteiger partial charge in [0.05, 0.1) is 24.6 Å². The van der Waals surface area contributed by atoms with Crippen LogP contribution in [0, 0.1) is 0 Å². The summed E-state index contributed by atoms with van der Waals surface area (Å²) in [6, 6.07) is 10.7. The predicted molar refractivity (Wildman–Crippen MR) is 105 cm³/mol. The van der Waals surface area contributed by atoms with Crippen molar-refractivity contribution in [3.8, 4) is 11.4 Å². The second-order valence-electron chi connectivity index (χ2n) is 6.17. The lowest BCUT2D eigenvalue weighted by molar-refractivity contribution is -0.137. The summed E-state index contributed by atoms with van der Waals surface area (Å²) in [6.45, 7) is -0.610. The average molecular weight is 454 g/mol. The van der Waals surface area contributed by atoms with Crippen LogP contribution < -0.4 is 10.1 Å². The Bertz CT molecular complexity index is 1100. The standard InChI is InChI=1S/C20H15ClF3N3O4/c1-30-16-10-27(15-4-2-3-12(9-15)20(22,23)24)26-18(16)19(29)31-11-17(28)25-14-7-5-13(21)6-8-14/h2-10H,11H2,1H3,(H,25,28). The molecule has 0 atom stereocenters. The molecule has 31 heavy (non-hydrogen) atoms. The topological polar surface area (TPSA) is 82.5 Å². The lowest BCUT2D eigenvalue weighted by atomic mass is 10.2. The van der Waals surface area contributed by atoms with Gasteiger partial charge in [-0.15, -0.1) is 0 Å². The molecule has 1 amide bonds. The van der Waals surface area contributed by atoms with E-state index in [1.165, 1.54) is 25.4 Å². The Labute approximate surface area is 179 Å². The van der Waals surface area contributed by atoms with E-state index in [-0.39, 0.29) is 17.1 Å². The molecule has 0 fully saturated rings. The highest BCUT2D eigenvalue weighted by molar-refractivity contribution is 6.30. The van der Waals surface area contributed by atoms with E-state index in [2.05, 4.69) is 10.4 Å². The summed E-state index contributed by atoms with van der Waals surface area (Å²) in [4.78, 5) is 24.3. The van der Waals surface area contributed by atoms with Crippen LogP contribution in [0.1, 0.15) is 16.1 Å². The molecule has 1 N–H and O–H groups in total. The minimum atomic E-state index is -4.54. The lowest BCUT2D eigenvalue weighted by Gasteiger charge is -2.08. The fraction of sp³-hybridized carbons (Fsp3) is 0.150. The van der Waals surface area contributed by atoms with Gasteiger partial charge in [0, 0.05) is 10.7 Å². The fourth-order valence-electron chi connectivity index (χ4n) is 2.54. The zero-order chi connectivity index (χ0) is 22.6. The molecule has 0 aliphatic heterocycles. The van der Waals surface area contributed by atoms with Crippen molar-refractivity contribution in [1.82, 2.24) is 9.78 Å². The van der Waals surface area contributed by atoms with Crippen LogP contribution in [-0.4, -0.2) is 35.4 Å². The lowest BCUT2D eigenvalue weighted by Crippen LogP contribution is -2.21. The number of alkyl halides is 3. The summed E-state index contributed by atoms with van der Waals surface area (Å²) in [5.74, 6) is -1.61. The fourth-order valence-corrected chi connectivity index (χ4v) is 2.66. The average Bonchev–Trinajstić information content (AvgIpc) is 3.18. The highest BCUT2D eigenvalue weighted by Gasteiger charge is 2.31. The number of esters is 1. The Kier molecular flexibility index (Phi) is 6.50. The number of halogens is 4. The van der Waals surface area contributed by atoms with Crippen molar-refractivity contribution in [2.75, 3.05) is 19.0 Å². The quantitative estimate of drug-likeness (QED) is 0.561. The zero-order valence-electron chi connectivity index (χ0n) is 15.9. The highest BCUT2D eigenvalue weighted by atomic mass is 35.5. The summed E-state index contributed by atoms with van der Waals surface area (Å²) in [5, 5.41) is 6.96. The van der Waals surface area contributed by atoms with Gasteiger partial charge in [-0.1, -0.05) is 17.7 Å². The Morgan fingerprint density at radius 2 is 1.87 bits per heavy atom. The molecule has 0 bridgehead atoms. The van der Waals surface area contributed by atoms with Crippen LogP contribution in [0.5, 0.6) is 5.75 Å². The first-order valence-corrected chi connectivity index (χ1v) is 9.09. The maximum atomic E-state index is 12.9. The van der Waals surface area contributed by atoms with Crippen LogP contribution in [0.25, 0.3) is 5.69 Å². The van der Waals surface area contributed by atoms with Crippen LogP contribution in [0.4, 0.5) is 18.9 Å². The largest absolute Gasteiger partial charge is 0.493 e. The van der Waals surface area contributed by atoms with Crippen molar-refractivity contribution in [3.63, 3.8) is 0 Å². The molecule has 3 rings (SSSR count). The molecule has 162 valence electrons. The third-order valence-corrected chi connectivity index (χ3v) is 4.25. The Morgan fingerprint density at radius 3 is 2.52 bits per heavy atom. The van der Waals surface area contributed by atoms with E-state index >= 15 is 0 Å². The van der Waals surface area contributed by atoms with Crippen molar-refractivity contribution in [3.05, 3.63) is 71.0 Å². The second kappa shape index (κ2) is 9.09. The molecule has 7 nitrogen and oxygen atoms in total. The van der Waals surface area contributed by atoms with Gasteiger partial charge in [0.2, 0.25) is 5.69 Å². The summed E-state index contributed by atoms with van der Waals surface area (Å²) >= 11 is 5.77. The summed E-state index contributed by atoms with van der Waals surface area (Å²) < 4.78 is 49.9. The van der Waals surface area contributed by atoms with Crippen LogP contribution in [0.2, 0.25) is 5.02 Å². The minimum Gasteiger partial charge on any atom is -0.493 e. The smallest absolute Gasteiger partial charge is 0.416 e. The van der Waals surface area contributed by atoms with Gasteiger partial charge in [-0.2, -0.15) is 18.3 Å². The van der Waals surface area contributed by atoms with Gasteiger partial charge < -0.3 is 14.8 Å². The van der Waals surface area contributed by atoms with Gasteiger partial charge in [0.1, 0.15) is 0 Å². The molecule has 0 saturated carbocycles. The number of rotatable bonds is 6. The Balaban J connectivity index is 1.71. The van der Waals surface area contributed by atoms with Crippen molar-refractivity contribution in [1.29, 1.82) is 0 Å². The molecule has 0 saturated heterocycles. The van der Waals surface area contributed by atoms with Gasteiger partial charge in [-0.3, -0.25) is 4.79 Å². The molecule has 0 unspecified atom stereocenters. The van der Waals surface area contributed by atoms with Gasteiger partial charge in [0.25, 0.3) is 5.91 Å². The Morgan fingerprint density at radius 1 is 1.16 bits per heavy atom. The van der Waals surface area contributed by atoms with Crippen LogP contribution in [0.3, 0.4) is 0 Å². The van der Waals surface area contributed by atoms with Gasteiger partial charge in [-0.25, -0.2) is 9.48 Å². The van der Waals surface area contributed by atoms with E-state index in [0.717, 1.165) is 16.8 Å². The third kappa shape index (κ3) is 5.54. The number of carbonyl (C=O) groups excluding carboxylic acids is 2. The summed E-state index contributed by atoms with van der Waals surface area (Å²) in [5.41, 5.74) is -0.647. The number of hydrogen-bond donors (Lipinski definition) is 1. The van der Waals surface area contributed by atoms with E-state index < -0.39 is 30.2 Å². The molecule has 0 aliphatic rings. The van der Waals surface area contributed by atoms with Gasteiger partial charge >= 0.3 is 12.1 Å². The van der Waals surface area contributed by atoms with E-state index in [1.54, 1.807) is 24.3 Å². The van der Waals surface area contributed by atoms with Crippen molar-refractivity contribution in [2.45, 2.75) is 6.18 Å². The van der Waals surface area contributed by atoms with E-state index in [1.807, 2.05) is 0 Å². The van der Waals surface area contributed by atoms with Crippen LogP contribution >= 0.6 is 11.6 Å². The first kappa shape index (κ1) is 22.2. The number of benzene rings is 2. The highest BCUT2D eigenvalue weighted by Crippen LogP contribution is 2.30. The predicted octanol–water partition coefficient (Wildman–Crippen LogP) is 4.35. The zero-order valence-corrected chi connectivity index (χ0v) is 16.7. The normalized spacial score (nSPS) is 11.1. The number of nitrogens with zero attached hydrogens (tertiary/aromatic N) is 2. The molecule has 3 aromatic rings. The number of methoxy groups -OCH3 is 1. The number of carbonyl (C=O) groups is 2. The van der Waals surface area contributed by atoms with Crippen molar-refractivity contribution in [2.24, 2.45) is 0 Å². The first-order chi connectivity index (χ1) is 14.7. The van der Waals surface area contributed by atoms with E-state index in [0.29, 0.717) is 10.7 Å². The molecular formula is C20H15ClF3N3O4. The van der Waals surface area contributed by atoms with E-state index in [4.69, 9.17) is 21.1 Å². The summed E-state index contributed by atoms with van der Waals surface area (Å²) in [6.07, 6.45) is -3.30. The molecule has 0 radical (unpaired) electrons. The molecule has 0 aliphatic carbocycles. The molecule has 1 aromatic heterocycles. The molecule has 2 aromatic carbocycles. The number of aromatic nitrogens is 2. The van der Waals surface area contributed by atoms with Crippen LogP contribution in [0.15, 0.2) is 54.7 Å². The number of amides is 1. The van der Waals surface area contributed by atoms with E-state index in [9.17, 15) is 22.8 Å². The number of anilines is 1. The SMILES string of the molecule is COc1cn(-c2cccc(C(F)(F)F)c2)nc1C(=O)OCC(=O)Nc1ccc(Cl)cc1.